The molecule has 2 N–H and O–H groups in total. The second-order valence-electron chi connectivity index (χ2n) is 9.39. The summed E-state index contributed by atoms with van der Waals surface area (Å²) < 4.78 is 0. The Morgan fingerprint density at radius 2 is 0.684 bits per heavy atom. The van der Waals surface area contributed by atoms with Gasteiger partial charge in [0.25, 0.3) is 0 Å². The molecule has 6 rings (SSSR count). The molecule has 0 amide bonds. The van der Waals surface area contributed by atoms with Crippen LogP contribution in [0.4, 0.5) is 22.7 Å². The molecule has 0 saturated carbocycles. The average Bonchev–Trinajstić information content (AvgIpc) is 2.95. The highest BCUT2D eigenvalue weighted by Crippen LogP contribution is 2.31. The molecule has 6 aromatic rings. The molecule has 186 valence electrons. The molecule has 0 spiro atoms. The lowest BCUT2D eigenvalue weighted by Gasteiger charge is -2.14. The highest BCUT2D eigenvalue weighted by Gasteiger charge is 2.08. The van der Waals surface area contributed by atoms with Crippen LogP contribution in [0.2, 0.25) is 0 Å². The van der Waals surface area contributed by atoms with E-state index < -0.39 is 0 Å². The molecule has 0 saturated heterocycles. The van der Waals surface area contributed by atoms with E-state index in [9.17, 15) is 0 Å². The highest BCUT2D eigenvalue weighted by molar-refractivity contribution is 5.82. The van der Waals surface area contributed by atoms with Crippen molar-refractivity contribution in [3.8, 4) is 11.1 Å². The third kappa shape index (κ3) is 6.29. The molecular formula is C36H32N2. The predicted molar refractivity (Wildman–Crippen MR) is 165 cm³/mol. The van der Waals surface area contributed by atoms with Gasteiger partial charge < -0.3 is 10.6 Å². The number of rotatable bonds is 5. The van der Waals surface area contributed by atoms with Gasteiger partial charge in [-0.15, -0.1) is 0 Å². The summed E-state index contributed by atoms with van der Waals surface area (Å²) in [6, 6.07) is 50.3. The number of hydrogen-bond acceptors (Lipinski definition) is 2. The Kier molecular flexibility index (Phi) is 7.81. The SMILES string of the molecule is Cc1cc(Nc2ccccc2)ccc1-c1ccc(Nc2ccccc2)cc1C.c1ccc2ccccc2c1. The molecule has 0 bridgehead atoms. The third-order valence-corrected chi connectivity index (χ3v) is 6.53. The maximum Gasteiger partial charge on any atom is 0.0387 e. The molecule has 0 unspecified atom stereocenters. The van der Waals surface area contributed by atoms with Crippen molar-refractivity contribution in [2.75, 3.05) is 10.6 Å². The molecule has 0 heterocycles. The summed E-state index contributed by atoms with van der Waals surface area (Å²) in [6.45, 7) is 4.34. The Morgan fingerprint density at radius 1 is 0.342 bits per heavy atom. The fourth-order valence-electron chi connectivity index (χ4n) is 4.60. The molecule has 2 heteroatoms. The molecule has 0 aromatic heterocycles. The zero-order chi connectivity index (χ0) is 26.2. The first-order valence-corrected chi connectivity index (χ1v) is 13.0. The van der Waals surface area contributed by atoms with Gasteiger partial charge in [-0.1, -0.05) is 97.1 Å². The Balaban J connectivity index is 0.000000244. The van der Waals surface area contributed by atoms with E-state index in [4.69, 9.17) is 0 Å². The van der Waals surface area contributed by atoms with Gasteiger partial charge in [-0.05, 0) is 95.4 Å². The number of hydrogen-bond donors (Lipinski definition) is 2. The van der Waals surface area contributed by atoms with Crippen LogP contribution in [0.1, 0.15) is 11.1 Å². The summed E-state index contributed by atoms with van der Waals surface area (Å²) in [6.07, 6.45) is 0. The van der Waals surface area contributed by atoms with Gasteiger partial charge in [0, 0.05) is 22.7 Å². The summed E-state index contributed by atoms with van der Waals surface area (Å²) in [5, 5.41) is 9.55. The van der Waals surface area contributed by atoms with Crippen LogP contribution in [0, 0.1) is 13.8 Å². The van der Waals surface area contributed by atoms with E-state index in [2.05, 4.69) is 134 Å². The van der Waals surface area contributed by atoms with Crippen LogP contribution in [0.5, 0.6) is 0 Å². The molecule has 0 aliphatic heterocycles. The van der Waals surface area contributed by atoms with E-state index in [0.29, 0.717) is 0 Å². The fraction of sp³-hybridized carbons (Fsp3) is 0.0556. The van der Waals surface area contributed by atoms with Crippen molar-refractivity contribution in [2.45, 2.75) is 13.8 Å². The average molecular weight is 493 g/mol. The molecule has 0 aliphatic carbocycles. The molecule has 0 atom stereocenters. The van der Waals surface area contributed by atoms with Crippen LogP contribution in [0.25, 0.3) is 21.9 Å². The second kappa shape index (κ2) is 11.9. The van der Waals surface area contributed by atoms with Gasteiger partial charge in [-0.25, -0.2) is 0 Å². The van der Waals surface area contributed by atoms with Gasteiger partial charge in [-0.3, -0.25) is 0 Å². The Morgan fingerprint density at radius 3 is 1.03 bits per heavy atom. The fourth-order valence-corrected chi connectivity index (χ4v) is 4.60. The van der Waals surface area contributed by atoms with Gasteiger partial charge in [0.05, 0.1) is 0 Å². The van der Waals surface area contributed by atoms with Crippen LogP contribution < -0.4 is 10.6 Å². The molecule has 0 aliphatic rings. The van der Waals surface area contributed by atoms with Crippen LogP contribution in [-0.4, -0.2) is 0 Å². The van der Waals surface area contributed by atoms with Gasteiger partial charge in [0.1, 0.15) is 0 Å². The predicted octanol–water partition coefficient (Wildman–Crippen LogP) is 10.3. The van der Waals surface area contributed by atoms with Crippen LogP contribution in [0.15, 0.2) is 146 Å². The van der Waals surface area contributed by atoms with Crippen LogP contribution in [0.3, 0.4) is 0 Å². The summed E-state index contributed by atoms with van der Waals surface area (Å²) in [5.41, 5.74) is 9.45. The molecule has 38 heavy (non-hydrogen) atoms. The van der Waals surface area contributed by atoms with Crippen molar-refractivity contribution >= 4 is 33.5 Å². The van der Waals surface area contributed by atoms with E-state index in [0.717, 1.165) is 22.7 Å². The standard InChI is InChI=1S/C26H24N2.C10H8/c1-19-17-23(27-21-9-5-3-6-10-21)13-15-25(19)26-16-14-24(18-20(26)2)28-22-11-7-4-8-12-22;1-2-6-10-8-4-3-7-9(10)5-1/h3-18,27-28H,1-2H3;1-8H. The molecule has 0 radical (unpaired) electrons. The van der Waals surface area contributed by atoms with Crippen molar-refractivity contribution < 1.29 is 0 Å². The monoisotopic (exact) mass is 492 g/mol. The number of para-hydroxylation sites is 2. The lowest BCUT2D eigenvalue weighted by molar-refractivity contribution is 1.39. The first kappa shape index (κ1) is 24.9. The minimum absolute atomic E-state index is 1.10. The van der Waals surface area contributed by atoms with Gasteiger partial charge in [0.2, 0.25) is 0 Å². The van der Waals surface area contributed by atoms with Crippen molar-refractivity contribution in [1.82, 2.24) is 0 Å². The van der Waals surface area contributed by atoms with E-state index in [1.807, 2.05) is 36.4 Å². The van der Waals surface area contributed by atoms with Gasteiger partial charge in [-0.2, -0.15) is 0 Å². The first-order valence-electron chi connectivity index (χ1n) is 13.0. The van der Waals surface area contributed by atoms with Crippen LogP contribution in [-0.2, 0) is 0 Å². The summed E-state index contributed by atoms with van der Waals surface area (Å²) in [7, 11) is 0. The Hall–Kier alpha value is -4.82. The number of fused-ring (bicyclic) bond motifs is 1. The third-order valence-electron chi connectivity index (χ3n) is 6.53. The maximum atomic E-state index is 3.46. The van der Waals surface area contributed by atoms with E-state index in [-0.39, 0.29) is 0 Å². The van der Waals surface area contributed by atoms with Crippen molar-refractivity contribution in [3.63, 3.8) is 0 Å². The first-order chi connectivity index (χ1) is 18.7. The zero-order valence-corrected chi connectivity index (χ0v) is 21.9. The summed E-state index contributed by atoms with van der Waals surface area (Å²) in [4.78, 5) is 0. The minimum atomic E-state index is 1.10. The van der Waals surface area contributed by atoms with E-state index in [1.165, 1.54) is 33.0 Å². The summed E-state index contributed by atoms with van der Waals surface area (Å²) >= 11 is 0. The molecule has 6 aromatic carbocycles. The molecular weight excluding hydrogens is 460 g/mol. The number of anilines is 4. The topological polar surface area (TPSA) is 24.1 Å². The van der Waals surface area contributed by atoms with E-state index >= 15 is 0 Å². The smallest absolute Gasteiger partial charge is 0.0387 e. The molecule has 2 nitrogen and oxygen atoms in total. The second-order valence-corrected chi connectivity index (χ2v) is 9.39. The minimum Gasteiger partial charge on any atom is -0.356 e. The lowest BCUT2D eigenvalue weighted by atomic mass is 9.95. The zero-order valence-electron chi connectivity index (χ0n) is 21.9. The lowest BCUT2D eigenvalue weighted by Crippen LogP contribution is -1.94. The number of nitrogens with one attached hydrogen (secondary N) is 2. The quantitative estimate of drug-likeness (QED) is 0.250. The van der Waals surface area contributed by atoms with Gasteiger partial charge in [0.15, 0.2) is 0 Å². The Labute approximate surface area is 225 Å². The largest absolute Gasteiger partial charge is 0.356 e. The van der Waals surface area contributed by atoms with Crippen molar-refractivity contribution in [1.29, 1.82) is 0 Å². The molecule has 0 fully saturated rings. The summed E-state index contributed by atoms with van der Waals surface area (Å²) in [5.74, 6) is 0. The van der Waals surface area contributed by atoms with E-state index in [1.54, 1.807) is 0 Å². The van der Waals surface area contributed by atoms with Crippen molar-refractivity contribution in [3.05, 3.63) is 157 Å². The number of benzene rings is 6. The van der Waals surface area contributed by atoms with Crippen molar-refractivity contribution in [2.24, 2.45) is 0 Å². The van der Waals surface area contributed by atoms with Gasteiger partial charge >= 0.3 is 0 Å². The maximum absolute atomic E-state index is 3.46. The highest BCUT2D eigenvalue weighted by atomic mass is 14.9. The Bertz CT molecular complexity index is 1470. The van der Waals surface area contributed by atoms with Crippen LogP contribution >= 0.6 is 0 Å². The normalized spacial score (nSPS) is 10.4. The number of aryl methyl sites for hydroxylation is 2.